The van der Waals surface area contributed by atoms with Gasteiger partial charge in [0.2, 0.25) is 5.91 Å². The van der Waals surface area contributed by atoms with Crippen LogP contribution in [0.15, 0.2) is 48.5 Å². The third-order valence-electron chi connectivity index (χ3n) is 4.46. The Morgan fingerprint density at radius 2 is 1.82 bits per heavy atom. The number of fused-ring (bicyclic) bond motifs is 1. The van der Waals surface area contributed by atoms with Crippen molar-refractivity contribution in [2.24, 2.45) is 0 Å². The summed E-state index contributed by atoms with van der Waals surface area (Å²) in [5.41, 5.74) is 1.44. The zero-order chi connectivity index (χ0) is 20.3. The lowest BCUT2D eigenvalue weighted by Gasteiger charge is -2.26. The fourth-order valence-electron chi connectivity index (χ4n) is 3.17. The molecule has 3 rings (SSSR count). The van der Waals surface area contributed by atoms with Crippen LogP contribution in [0.5, 0.6) is 0 Å². The molecule has 2 aromatic carbocycles. The lowest BCUT2D eigenvalue weighted by atomic mass is 10.1. The summed E-state index contributed by atoms with van der Waals surface area (Å²) in [6.45, 7) is 3.72. The number of benzene rings is 2. The van der Waals surface area contributed by atoms with E-state index < -0.39 is 29.6 Å². The minimum atomic E-state index is -0.855. The molecular formula is C21H20N2O5. The number of nitrogens with zero attached hydrogens (tertiary/aromatic N) is 1. The Labute approximate surface area is 162 Å². The average molecular weight is 380 g/mol. The number of ether oxygens (including phenoxy) is 1. The van der Waals surface area contributed by atoms with Crippen LogP contribution < -0.4 is 10.2 Å². The van der Waals surface area contributed by atoms with Gasteiger partial charge in [-0.05, 0) is 43.7 Å². The van der Waals surface area contributed by atoms with Crippen LogP contribution in [-0.4, -0.2) is 36.2 Å². The Morgan fingerprint density at radius 1 is 1.07 bits per heavy atom. The molecule has 1 aliphatic rings. The predicted octanol–water partition coefficient (Wildman–Crippen LogP) is 2.81. The zero-order valence-corrected chi connectivity index (χ0v) is 15.6. The highest BCUT2D eigenvalue weighted by molar-refractivity contribution is 6.52. The number of Topliss-reactive ketones (excluding diaryl/α,β-unsaturated/α-hetero) is 1. The van der Waals surface area contributed by atoms with Crippen molar-refractivity contribution in [3.05, 3.63) is 59.7 Å². The van der Waals surface area contributed by atoms with Gasteiger partial charge in [0.1, 0.15) is 6.04 Å². The first-order chi connectivity index (χ1) is 13.5. The number of para-hydroxylation sites is 1. The SMILES string of the molecule is CCOC(=O)c1cccc(NC(=O)C(CC)N2C(=O)C(=O)c3ccccc32)c1. The summed E-state index contributed by atoms with van der Waals surface area (Å²) in [6, 6.07) is 12.1. The molecule has 28 heavy (non-hydrogen) atoms. The van der Waals surface area contributed by atoms with E-state index in [9.17, 15) is 19.2 Å². The quantitative estimate of drug-likeness (QED) is 0.614. The average Bonchev–Trinajstić information content (AvgIpc) is 2.94. The number of anilines is 2. The monoisotopic (exact) mass is 380 g/mol. The molecular weight excluding hydrogens is 360 g/mol. The van der Waals surface area contributed by atoms with Crippen LogP contribution >= 0.6 is 0 Å². The van der Waals surface area contributed by atoms with Crippen molar-refractivity contribution in [3.8, 4) is 0 Å². The number of esters is 1. The Morgan fingerprint density at radius 3 is 2.54 bits per heavy atom. The van der Waals surface area contributed by atoms with E-state index in [-0.39, 0.29) is 6.61 Å². The minimum Gasteiger partial charge on any atom is -0.462 e. The van der Waals surface area contributed by atoms with Gasteiger partial charge in [-0.3, -0.25) is 19.3 Å². The Bertz CT molecular complexity index is 953. The molecule has 0 aromatic heterocycles. The van der Waals surface area contributed by atoms with Crippen molar-refractivity contribution in [1.82, 2.24) is 0 Å². The summed E-state index contributed by atoms with van der Waals surface area (Å²) in [5, 5.41) is 2.72. The lowest BCUT2D eigenvalue weighted by molar-refractivity contribution is -0.121. The van der Waals surface area contributed by atoms with E-state index in [0.29, 0.717) is 28.9 Å². The third-order valence-corrected chi connectivity index (χ3v) is 4.46. The van der Waals surface area contributed by atoms with Gasteiger partial charge >= 0.3 is 5.97 Å². The van der Waals surface area contributed by atoms with E-state index in [4.69, 9.17) is 4.74 Å². The Kier molecular flexibility index (Phi) is 5.54. The van der Waals surface area contributed by atoms with Crippen molar-refractivity contribution in [2.45, 2.75) is 26.3 Å². The highest BCUT2D eigenvalue weighted by atomic mass is 16.5. The molecule has 2 aromatic rings. The first-order valence-electron chi connectivity index (χ1n) is 9.02. The smallest absolute Gasteiger partial charge is 0.338 e. The van der Waals surface area contributed by atoms with Gasteiger partial charge in [-0.25, -0.2) is 4.79 Å². The summed E-state index contributed by atoms with van der Waals surface area (Å²) >= 11 is 0. The molecule has 1 atom stereocenters. The highest BCUT2D eigenvalue weighted by Gasteiger charge is 2.41. The maximum Gasteiger partial charge on any atom is 0.338 e. The normalized spacial score (nSPS) is 13.9. The molecule has 1 unspecified atom stereocenters. The second kappa shape index (κ2) is 8.04. The standard InChI is InChI=1S/C21H20N2O5/c1-3-16(23-17-11-6-5-10-15(17)18(24)20(23)26)19(25)22-14-9-7-8-13(12-14)21(27)28-4-2/h5-12,16H,3-4H2,1-2H3,(H,22,25). The Hall–Kier alpha value is -3.48. The van der Waals surface area contributed by atoms with Crippen LogP contribution in [0.3, 0.4) is 0 Å². The van der Waals surface area contributed by atoms with E-state index in [1.54, 1.807) is 56.3 Å². The number of ketones is 1. The molecule has 0 saturated heterocycles. The number of hydrogen-bond donors (Lipinski definition) is 1. The number of carbonyl (C=O) groups excluding carboxylic acids is 4. The zero-order valence-electron chi connectivity index (χ0n) is 15.6. The first-order valence-corrected chi connectivity index (χ1v) is 9.02. The van der Waals surface area contributed by atoms with Crippen LogP contribution in [0.2, 0.25) is 0 Å². The number of rotatable bonds is 6. The lowest BCUT2D eigenvalue weighted by Crippen LogP contribution is -2.46. The third kappa shape index (κ3) is 3.51. The van der Waals surface area contributed by atoms with Gasteiger partial charge in [0.15, 0.2) is 0 Å². The van der Waals surface area contributed by atoms with E-state index >= 15 is 0 Å². The summed E-state index contributed by atoms with van der Waals surface area (Å²) < 4.78 is 4.96. The number of amides is 2. The van der Waals surface area contributed by atoms with Gasteiger partial charge < -0.3 is 10.1 Å². The van der Waals surface area contributed by atoms with E-state index in [0.717, 1.165) is 0 Å². The molecule has 0 bridgehead atoms. The maximum atomic E-state index is 12.9. The van der Waals surface area contributed by atoms with E-state index in [2.05, 4.69) is 5.32 Å². The second-order valence-corrected chi connectivity index (χ2v) is 6.24. The molecule has 0 aliphatic carbocycles. The maximum absolute atomic E-state index is 12.9. The van der Waals surface area contributed by atoms with Crippen LogP contribution in [0.4, 0.5) is 11.4 Å². The molecule has 7 nitrogen and oxygen atoms in total. The van der Waals surface area contributed by atoms with Crippen molar-refractivity contribution < 1.29 is 23.9 Å². The van der Waals surface area contributed by atoms with Gasteiger partial charge in [-0.2, -0.15) is 0 Å². The fraction of sp³-hybridized carbons (Fsp3) is 0.238. The summed E-state index contributed by atoms with van der Waals surface area (Å²) in [5.74, 6) is -2.27. The van der Waals surface area contributed by atoms with Gasteiger partial charge in [-0.15, -0.1) is 0 Å². The van der Waals surface area contributed by atoms with Crippen LogP contribution in [0.25, 0.3) is 0 Å². The van der Waals surface area contributed by atoms with Gasteiger partial charge in [0, 0.05) is 5.69 Å². The van der Waals surface area contributed by atoms with Crippen LogP contribution in [0, 0.1) is 0 Å². The summed E-state index contributed by atoms with van der Waals surface area (Å²) in [6.07, 6.45) is 0.316. The minimum absolute atomic E-state index is 0.248. The van der Waals surface area contributed by atoms with Crippen molar-refractivity contribution in [3.63, 3.8) is 0 Å². The first kappa shape index (κ1) is 19.3. The highest BCUT2D eigenvalue weighted by Crippen LogP contribution is 2.31. The second-order valence-electron chi connectivity index (χ2n) is 6.24. The summed E-state index contributed by atoms with van der Waals surface area (Å²) in [7, 11) is 0. The molecule has 0 fully saturated rings. The van der Waals surface area contributed by atoms with Crippen molar-refractivity contribution in [2.75, 3.05) is 16.8 Å². The van der Waals surface area contributed by atoms with Crippen molar-refractivity contribution in [1.29, 1.82) is 0 Å². The topological polar surface area (TPSA) is 92.8 Å². The molecule has 0 spiro atoms. The molecule has 1 aliphatic heterocycles. The van der Waals surface area contributed by atoms with E-state index in [1.807, 2.05) is 0 Å². The number of hydrogen-bond acceptors (Lipinski definition) is 5. The molecule has 7 heteroatoms. The number of nitrogens with one attached hydrogen (secondary N) is 1. The number of carbonyl (C=O) groups is 4. The molecule has 1 heterocycles. The summed E-state index contributed by atoms with van der Waals surface area (Å²) in [4.78, 5) is 50.7. The predicted molar refractivity (Wildman–Crippen MR) is 103 cm³/mol. The fourth-order valence-corrected chi connectivity index (χ4v) is 3.17. The molecule has 0 saturated carbocycles. The molecule has 1 N–H and O–H groups in total. The largest absolute Gasteiger partial charge is 0.462 e. The van der Waals surface area contributed by atoms with Gasteiger partial charge in [0.25, 0.3) is 11.7 Å². The molecule has 2 amide bonds. The van der Waals surface area contributed by atoms with Crippen LogP contribution in [-0.2, 0) is 14.3 Å². The van der Waals surface area contributed by atoms with Gasteiger partial charge in [0.05, 0.1) is 23.4 Å². The van der Waals surface area contributed by atoms with Gasteiger partial charge in [-0.1, -0.05) is 25.1 Å². The molecule has 144 valence electrons. The van der Waals surface area contributed by atoms with Crippen LogP contribution in [0.1, 0.15) is 41.0 Å². The molecule has 0 radical (unpaired) electrons. The Balaban J connectivity index is 1.84. The van der Waals surface area contributed by atoms with E-state index in [1.165, 1.54) is 11.0 Å². The van der Waals surface area contributed by atoms with Crippen molar-refractivity contribution >= 4 is 34.9 Å².